The summed E-state index contributed by atoms with van der Waals surface area (Å²) in [5.41, 5.74) is 3.42. The van der Waals surface area contributed by atoms with Crippen LogP contribution in [0.4, 0.5) is 0 Å². The van der Waals surface area contributed by atoms with Crippen molar-refractivity contribution in [1.29, 1.82) is 0 Å². The van der Waals surface area contributed by atoms with Crippen LogP contribution in [0.3, 0.4) is 0 Å². The molecule has 0 bridgehead atoms. The second kappa shape index (κ2) is 6.63. The number of rotatable bonds is 4. The fourth-order valence-corrected chi connectivity index (χ4v) is 2.36. The number of morpholine rings is 1. The van der Waals surface area contributed by atoms with E-state index in [-0.39, 0.29) is 5.91 Å². The lowest BCUT2D eigenvalue weighted by molar-refractivity contribution is -0.123. The topological polar surface area (TPSA) is 53.9 Å². The Balaban J connectivity index is 1.78. The molecule has 6 heteroatoms. The standard InChI is InChI=1S/C12H17N3O2S/c1-10(11-3-2-8-18-11)13-14-12(16)9-15-4-6-17-7-5-15/h2-3,8H,4-7,9H2,1H3,(H,14,16). The van der Waals surface area contributed by atoms with Crippen molar-refractivity contribution in [2.24, 2.45) is 5.10 Å². The van der Waals surface area contributed by atoms with Crippen LogP contribution in [-0.4, -0.2) is 49.4 Å². The third-order valence-electron chi connectivity index (χ3n) is 2.70. The summed E-state index contributed by atoms with van der Waals surface area (Å²) in [7, 11) is 0. The van der Waals surface area contributed by atoms with Crippen LogP contribution in [0.1, 0.15) is 11.8 Å². The molecule has 0 spiro atoms. The number of nitrogens with one attached hydrogen (secondary N) is 1. The van der Waals surface area contributed by atoms with Gasteiger partial charge in [-0.2, -0.15) is 5.10 Å². The van der Waals surface area contributed by atoms with Crippen LogP contribution in [0.25, 0.3) is 0 Å². The zero-order chi connectivity index (χ0) is 12.8. The molecule has 0 aliphatic carbocycles. The highest BCUT2D eigenvalue weighted by Crippen LogP contribution is 2.09. The van der Waals surface area contributed by atoms with Gasteiger partial charge in [-0.05, 0) is 18.4 Å². The largest absolute Gasteiger partial charge is 0.379 e. The SMILES string of the molecule is CC(=NNC(=O)CN1CCOCC1)c1cccs1. The molecule has 18 heavy (non-hydrogen) atoms. The van der Waals surface area contributed by atoms with Crippen molar-refractivity contribution in [3.8, 4) is 0 Å². The second-order valence-electron chi connectivity index (χ2n) is 4.10. The lowest BCUT2D eigenvalue weighted by Crippen LogP contribution is -2.42. The molecule has 1 aromatic rings. The maximum absolute atomic E-state index is 11.7. The highest BCUT2D eigenvalue weighted by Gasteiger charge is 2.13. The molecule has 0 radical (unpaired) electrons. The molecule has 1 aliphatic heterocycles. The molecule has 1 aromatic heterocycles. The maximum Gasteiger partial charge on any atom is 0.254 e. The smallest absolute Gasteiger partial charge is 0.254 e. The summed E-state index contributed by atoms with van der Waals surface area (Å²) in [6.07, 6.45) is 0. The van der Waals surface area contributed by atoms with E-state index in [2.05, 4.69) is 15.4 Å². The molecule has 1 aliphatic rings. The van der Waals surface area contributed by atoms with Crippen molar-refractivity contribution in [3.63, 3.8) is 0 Å². The van der Waals surface area contributed by atoms with Gasteiger partial charge in [-0.15, -0.1) is 11.3 Å². The molecule has 1 fully saturated rings. The Kier molecular flexibility index (Phi) is 4.86. The molecule has 0 saturated carbocycles. The van der Waals surface area contributed by atoms with E-state index in [1.165, 1.54) is 0 Å². The minimum atomic E-state index is -0.0761. The minimum Gasteiger partial charge on any atom is -0.379 e. The summed E-state index contributed by atoms with van der Waals surface area (Å²) < 4.78 is 5.23. The monoisotopic (exact) mass is 267 g/mol. The van der Waals surface area contributed by atoms with Crippen LogP contribution in [0.5, 0.6) is 0 Å². The molecule has 98 valence electrons. The molecule has 1 N–H and O–H groups in total. The lowest BCUT2D eigenvalue weighted by Gasteiger charge is -2.25. The molecular weight excluding hydrogens is 250 g/mol. The van der Waals surface area contributed by atoms with E-state index in [4.69, 9.17) is 4.74 Å². The van der Waals surface area contributed by atoms with E-state index >= 15 is 0 Å². The molecule has 0 unspecified atom stereocenters. The number of nitrogens with zero attached hydrogens (tertiary/aromatic N) is 2. The predicted molar refractivity (Wildman–Crippen MR) is 71.9 cm³/mol. The van der Waals surface area contributed by atoms with Crippen LogP contribution < -0.4 is 5.43 Å². The van der Waals surface area contributed by atoms with E-state index in [0.29, 0.717) is 19.8 Å². The van der Waals surface area contributed by atoms with Gasteiger partial charge in [-0.25, -0.2) is 5.43 Å². The molecule has 2 heterocycles. The van der Waals surface area contributed by atoms with Crippen LogP contribution >= 0.6 is 11.3 Å². The van der Waals surface area contributed by atoms with Gasteiger partial charge in [-0.3, -0.25) is 9.69 Å². The number of hydrogen-bond acceptors (Lipinski definition) is 5. The van der Waals surface area contributed by atoms with E-state index in [1.807, 2.05) is 24.4 Å². The third kappa shape index (κ3) is 3.90. The number of ether oxygens (including phenoxy) is 1. The molecule has 1 saturated heterocycles. The average molecular weight is 267 g/mol. The molecule has 0 atom stereocenters. The Bertz CT molecular complexity index is 411. The second-order valence-corrected chi connectivity index (χ2v) is 5.05. The Labute approximate surface area is 110 Å². The van der Waals surface area contributed by atoms with E-state index in [0.717, 1.165) is 23.7 Å². The first-order valence-electron chi connectivity index (χ1n) is 5.93. The van der Waals surface area contributed by atoms with Crippen molar-refractivity contribution in [2.75, 3.05) is 32.8 Å². The van der Waals surface area contributed by atoms with E-state index in [9.17, 15) is 4.79 Å². The Morgan fingerprint density at radius 1 is 1.56 bits per heavy atom. The van der Waals surface area contributed by atoms with E-state index < -0.39 is 0 Å². The highest BCUT2D eigenvalue weighted by atomic mass is 32.1. The van der Waals surface area contributed by atoms with Gasteiger partial charge in [0.15, 0.2) is 0 Å². The Morgan fingerprint density at radius 2 is 2.33 bits per heavy atom. The van der Waals surface area contributed by atoms with Gasteiger partial charge in [0.1, 0.15) is 0 Å². The number of amides is 1. The first kappa shape index (κ1) is 13.2. The molecular formula is C12H17N3O2S. The number of thiophene rings is 1. The summed E-state index contributed by atoms with van der Waals surface area (Å²) >= 11 is 1.61. The summed E-state index contributed by atoms with van der Waals surface area (Å²) in [4.78, 5) is 14.8. The number of carbonyl (C=O) groups excluding carboxylic acids is 1. The quantitative estimate of drug-likeness (QED) is 0.652. The van der Waals surface area contributed by atoms with Gasteiger partial charge < -0.3 is 4.74 Å². The normalized spacial score (nSPS) is 17.7. The Morgan fingerprint density at radius 3 is 3.00 bits per heavy atom. The molecule has 5 nitrogen and oxygen atoms in total. The van der Waals surface area contributed by atoms with Crippen molar-refractivity contribution in [1.82, 2.24) is 10.3 Å². The van der Waals surface area contributed by atoms with Gasteiger partial charge in [-0.1, -0.05) is 6.07 Å². The van der Waals surface area contributed by atoms with Gasteiger partial charge >= 0.3 is 0 Å². The van der Waals surface area contributed by atoms with Crippen LogP contribution in [-0.2, 0) is 9.53 Å². The number of hydrazone groups is 1. The van der Waals surface area contributed by atoms with Gasteiger partial charge in [0.05, 0.1) is 25.5 Å². The van der Waals surface area contributed by atoms with Crippen LogP contribution in [0.15, 0.2) is 22.6 Å². The third-order valence-corrected chi connectivity index (χ3v) is 3.68. The minimum absolute atomic E-state index is 0.0761. The zero-order valence-corrected chi connectivity index (χ0v) is 11.2. The van der Waals surface area contributed by atoms with Crippen molar-refractivity contribution in [3.05, 3.63) is 22.4 Å². The summed E-state index contributed by atoms with van der Waals surface area (Å²) in [6, 6.07) is 3.95. The first-order valence-corrected chi connectivity index (χ1v) is 6.81. The molecule has 1 amide bonds. The predicted octanol–water partition coefficient (Wildman–Crippen LogP) is 0.921. The van der Waals surface area contributed by atoms with Gasteiger partial charge in [0.2, 0.25) is 0 Å². The average Bonchev–Trinajstić information content (AvgIpc) is 2.91. The van der Waals surface area contributed by atoms with Crippen molar-refractivity contribution < 1.29 is 9.53 Å². The van der Waals surface area contributed by atoms with Crippen LogP contribution in [0, 0.1) is 0 Å². The highest BCUT2D eigenvalue weighted by molar-refractivity contribution is 7.12. The fraction of sp³-hybridized carbons (Fsp3) is 0.500. The van der Waals surface area contributed by atoms with Crippen molar-refractivity contribution in [2.45, 2.75) is 6.92 Å². The zero-order valence-electron chi connectivity index (χ0n) is 10.4. The maximum atomic E-state index is 11.7. The van der Waals surface area contributed by atoms with Crippen molar-refractivity contribution >= 4 is 23.0 Å². The Hall–Kier alpha value is -1.24. The van der Waals surface area contributed by atoms with E-state index in [1.54, 1.807) is 11.3 Å². The molecule has 2 rings (SSSR count). The van der Waals surface area contributed by atoms with Gasteiger partial charge in [0, 0.05) is 18.0 Å². The molecule has 0 aromatic carbocycles. The first-order chi connectivity index (χ1) is 8.75. The summed E-state index contributed by atoms with van der Waals surface area (Å²) in [5, 5.41) is 6.09. The summed E-state index contributed by atoms with van der Waals surface area (Å²) in [5.74, 6) is -0.0761. The lowest BCUT2D eigenvalue weighted by atomic mass is 10.3. The van der Waals surface area contributed by atoms with Crippen LogP contribution in [0.2, 0.25) is 0 Å². The van der Waals surface area contributed by atoms with Gasteiger partial charge in [0.25, 0.3) is 5.91 Å². The summed E-state index contributed by atoms with van der Waals surface area (Å²) in [6.45, 7) is 5.28. The number of hydrogen-bond donors (Lipinski definition) is 1. The fourth-order valence-electron chi connectivity index (χ4n) is 1.68. The number of carbonyl (C=O) groups is 1.